The maximum Gasteiger partial charge on any atom is 0.408 e. The van der Waals surface area contributed by atoms with Gasteiger partial charge in [0.25, 0.3) is 0 Å². The van der Waals surface area contributed by atoms with Crippen LogP contribution in [0.3, 0.4) is 0 Å². The molecule has 224 valence electrons. The molecule has 0 atom stereocenters. The monoisotopic (exact) mass is 592 g/mol. The summed E-state index contributed by atoms with van der Waals surface area (Å²) in [6.07, 6.45) is -3.59. The minimum absolute atomic E-state index is 0.0433. The fourth-order valence-electron chi connectivity index (χ4n) is 6.19. The largest absolute Gasteiger partial charge is 0.530 e. The van der Waals surface area contributed by atoms with E-state index in [9.17, 15) is 27.9 Å². The van der Waals surface area contributed by atoms with Crippen molar-refractivity contribution >= 4 is 6.09 Å². The third-order valence-corrected chi connectivity index (χ3v) is 8.03. The highest BCUT2D eigenvalue weighted by molar-refractivity contribution is 5.83. The summed E-state index contributed by atoms with van der Waals surface area (Å²) in [4.78, 5) is 31.5. The van der Waals surface area contributed by atoms with Crippen LogP contribution in [0.4, 0.5) is 18.0 Å². The van der Waals surface area contributed by atoms with Crippen molar-refractivity contribution in [3.8, 4) is 34.0 Å². The van der Waals surface area contributed by atoms with Crippen molar-refractivity contribution in [2.24, 2.45) is 0 Å². The molecule has 3 heterocycles. The van der Waals surface area contributed by atoms with Gasteiger partial charge in [-0.05, 0) is 57.2 Å². The van der Waals surface area contributed by atoms with Gasteiger partial charge in [0.05, 0.1) is 11.2 Å². The second-order valence-corrected chi connectivity index (χ2v) is 11.9. The smallest absolute Gasteiger partial charge is 0.408 e. The van der Waals surface area contributed by atoms with Crippen molar-refractivity contribution in [3.05, 3.63) is 82.5 Å². The lowest BCUT2D eigenvalue weighted by Gasteiger charge is -2.57. The number of carbonyl (C=O) groups is 1. The molecule has 12 heteroatoms. The molecule has 0 saturated heterocycles. The van der Waals surface area contributed by atoms with E-state index in [0.717, 1.165) is 22.1 Å². The van der Waals surface area contributed by atoms with Gasteiger partial charge in [-0.3, -0.25) is 0 Å². The third-order valence-electron chi connectivity index (χ3n) is 8.03. The molecule has 2 aromatic heterocycles. The molecule has 1 amide bonds. The van der Waals surface area contributed by atoms with Crippen LogP contribution in [0.2, 0.25) is 0 Å². The summed E-state index contributed by atoms with van der Waals surface area (Å²) in [7, 11) is 0. The third kappa shape index (κ3) is 4.94. The maximum absolute atomic E-state index is 13.1. The Kier molecular flexibility index (Phi) is 6.62. The molecule has 1 saturated carbocycles. The molecule has 1 fully saturated rings. The Bertz CT molecular complexity index is 1750. The highest BCUT2D eigenvalue weighted by atomic mass is 19.4. The number of alkyl halides is 3. The fraction of sp³-hybridized carbons (Fsp3) is 0.355. The molecule has 6 rings (SSSR count). The van der Waals surface area contributed by atoms with Crippen LogP contribution in [0.25, 0.3) is 28.1 Å². The van der Waals surface area contributed by atoms with Crippen LogP contribution in [0.15, 0.2) is 65.5 Å². The van der Waals surface area contributed by atoms with Gasteiger partial charge >= 0.3 is 11.9 Å². The molecule has 2 aliphatic rings. The number of hydrogen-bond acceptors (Lipinski definition) is 6. The number of nitrogens with zero attached hydrogens (tertiary/aromatic N) is 5. The van der Waals surface area contributed by atoms with E-state index >= 15 is 0 Å². The number of ether oxygens (including phenoxy) is 1. The van der Waals surface area contributed by atoms with E-state index in [1.807, 2.05) is 75.4 Å². The lowest BCUT2D eigenvalue weighted by Crippen LogP contribution is -2.64. The number of aromatic nitrogens is 4. The van der Waals surface area contributed by atoms with Gasteiger partial charge in [-0.1, -0.05) is 54.6 Å². The van der Waals surface area contributed by atoms with Crippen LogP contribution in [0.1, 0.15) is 51.4 Å². The highest BCUT2D eigenvalue weighted by Gasteiger charge is 2.48. The quantitative estimate of drug-likeness (QED) is 0.322. The maximum atomic E-state index is 13.1. The van der Waals surface area contributed by atoms with Crippen molar-refractivity contribution in [1.29, 1.82) is 0 Å². The Morgan fingerprint density at radius 1 is 1.05 bits per heavy atom. The molecule has 0 spiro atoms. The van der Waals surface area contributed by atoms with Crippen LogP contribution in [0.5, 0.6) is 5.88 Å². The number of carboxylic acid groups (broad SMARTS) is 1. The molecule has 0 N–H and O–H groups in total. The zero-order chi connectivity index (χ0) is 30.7. The molecule has 1 aliphatic heterocycles. The zero-order valence-electron chi connectivity index (χ0n) is 23.8. The molecular formula is C31H29F3N5O4-. The Labute approximate surface area is 245 Å². The number of pyridine rings is 1. The van der Waals surface area contributed by atoms with E-state index in [1.165, 1.54) is 4.90 Å². The molecule has 0 radical (unpaired) electrons. The van der Waals surface area contributed by atoms with Gasteiger partial charge in [-0.15, -0.1) is 0 Å². The van der Waals surface area contributed by atoms with Crippen molar-refractivity contribution in [2.45, 2.75) is 70.4 Å². The second kappa shape index (κ2) is 9.99. The Hall–Kier alpha value is -4.61. The first-order chi connectivity index (χ1) is 20.3. The minimum Gasteiger partial charge on any atom is -0.530 e. The van der Waals surface area contributed by atoms with Gasteiger partial charge in [0, 0.05) is 16.7 Å². The number of benzene rings is 2. The topological polar surface area (TPSA) is 105 Å². The fourth-order valence-corrected chi connectivity index (χ4v) is 6.19. The van der Waals surface area contributed by atoms with E-state index in [-0.39, 0.29) is 24.0 Å². The van der Waals surface area contributed by atoms with Gasteiger partial charge in [0.1, 0.15) is 18.3 Å². The summed E-state index contributed by atoms with van der Waals surface area (Å²) in [5.41, 5.74) is 1.40. The first-order valence-electron chi connectivity index (χ1n) is 13.9. The zero-order valence-corrected chi connectivity index (χ0v) is 23.8. The van der Waals surface area contributed by atoms with Crippen LogP contribution >= 0.6 is 0 Å². The van der Waals surface area contributed by atoms with Crippen molar-refractivity contribution in [3.63, 3.8) is 0 Å². The number of amides is 1. The van der Waals surface area contributed by atoms with E-state index in [2.05, 4.69) is 5.10 Å². The van der Waals surface area contributed by atoms with Crippen LogP contribution < -0.4 is 15.5 Å². The van der Waals surface area contributed by atoms with Gasteiger partial charge < -0.3 is 19.5 Å². The summed E-state index contributed by atoms with van der Waals surface area (Å²) < 4.78 is 46.6. The number of halogens is 3. The molecule has 1 aliphatic carbocycles. The van der Waals surface area contributed by atoms with Crippen molar-refractivity contribution in [1.82, 2.24) is 24.2 Å². The summed E-state index contributed by atoms with van der Waals surface area (Å²) >= 11 is 0. The normalized spacial score (nSPS) is 15.6. The lowest BCUT2D eigenvalue weighted by atomic mass is 9.69. The van der Waals surface area contributed by atoms with E-state index in [4.69, 9.17) is 9.72 Å². The molecule has 0 unspecified atom stereocenters. The predicted octanol–water partition coefficient (Wildman–Crippen LogP) is 5.04. The van der Waals surface area contributed by atoms with Crippen molar-refractivity contribution < 1.29 is 27.8 Å². The average Bonchev–Trinajstić information content (AvgIpc) is 3.23. The van der Waals surface area contributed by atoms with Crippen molar-refractivity contribution in [2.75, 3.05) is 0 Å². The summed E-state index contributed by atoms with van der Waals surface area (Å²) in [6, 6.07) is 18.5. The Balaban J connectivity index is 1.47. The highest BCUT2D eigenvalue weighted by Crippen LogP contribution is 2.49. The van der Waals surface area contributed by atoms with Crippen LogP contribution in [0, 0.1) is 0 Å². The van der Waals surface area contributed by atoms with E-state index in [0.29, 0.717) is 34.3 Å². The van der Waals surface area contributed by atoms with Crippen LogP contribution in [-0.4, -0.2) is 42.0 Å². The van der Waals surface area contributed by atoms with Gasteiger partial charge in [0.2, 0.25) is 5.88 Å². The van der Waals surface area contributed by atoms with Crippen LogP contribution in [-0.2, 0) is 18.7 Å². The molecule has 43 heavy (non-hydrogen) atoms. The van der Waals surface area contributed by atoms with Gasteiger partial charge in [0.15, 0.2) is 12.4 Å². The minimum atomic E-state index is -4.62. The predicted molar refractivity (Wildman–Crippen MR) is 149 cm³/mol. The number of carbonyl (C=O) groups excluding carboxylic acids is 1. The number of rotatable bonds is 5. The Morgan fingerprint density at radius 3 is 2.28 bits per heavy atom. The number of fused-ring (bicyclic) bond motifs is 3. The molecule has 2 aromatic carbocycles. The average molecular weight is 593 g/mol. The Morgan fingerprint density at radius 2 is 1.72 bits per heavy atom. The van der Waals surface area contributed by atoms with Gasteiger partial charge in [-0.2, -0.15) is 18.3 Å². The molecule has 4 aromatic rings. The van der Waals surface area contributed by atoms with Gasteiger partial charge in [-0.25, -0.2) is 19.0 Å². The number of hydrogen-bond donors (Lipinski definition) is 0. The van der Waals surface area contributed by atoms with E-state index in [1.54, 1.807) is 6.07 Å². The second-order valence-electron chi connectivity index (χ2n) is 11.9. The van der Waals surface area contributed by atoms with E-state index < -0.39 is 35.6 Å². The summed E-state index contributed by atoms with van der Waals surface area (Å²) in [6.45, 7) is 3.81. The first-order valence-corrected chi connectivity index (χ1v) is 13.9. The summed E-state index contributed by atoms with van der Waals surface area (Å²) in [5, 5.41) is 16.1. The SMILES string of the molecule is CC(C)(C)N(C(=O)[O-])C1(c2ccc(-c3nc4c(cc3-c3ccccc3)-n3c(nn(CC(F)(F)F)c3=O)CO4)cc2)CCC1. The molecular weight excluding hydrogens is 563 g/mol. The standard InChI is InChI=1S/C31H30F3N5O4/c1-29(2,3)39(28(41)42)30(14-7-15-30)21-12-10-20(11-13-21)25-22(19-8-5-4-6-9-19)16-23-26(35-25)43-17-24-36-37(18-31(32,33)34)27(40)38(23)24/h4-6,8-13,16H,7,14-15,17-18H2,1-3H3,(H,41,42)/p-1. The first kappa shape index (κ1) is 28.5. The lowest BCUT2D eigenvalue weighted by molar-refractivity contribution is -0.282. The molecule has 9 nitrogen and oxygen atoms in total. The summed E-state index contributed by atoms with van der Waals surface area (Å²) in [5.74, 6) is 0.132. The molecule has 0 bridgehead atoms.